The van der Waals surface area contributed by atoms with E-state index in [1.165, 1.54) is 17.7 Å². The quantitative estimate of drug-likeness (QED) is 0.688. The molecule has 0 aliphatic heterocycles. The van der Waals surface area contributed by atoms with Gasteiger partial charge in [-0.25, -0.2) is 4.39 Å². The summed E-state index contributed by atoms with van der Waals surface area (Å²) >= 11 is 3.48. The first-order chi connectivity index (χ1) is 11.6. The van der Waals surface area contributed by atoms with Crippen molar-refractivity contribution < 1.29 is 18.7 Å². The number of hydrogen-bond acceptors (Lipinski definition) is 3. The summed E-state index contributed by atoms with van der Waals surface area (Å²) in [6, 6.07) is 10.4. The average molecular weight is 393 g/mol. The standard InChI is InChI=1S/C19H18BrFO3/c1-2-23-19(22)9-13-4-7-15(21)11-18(13)24-17-8-5-12-3-6-14(20)10-16(12)17/h3-4,6-7,10-11,17H,2,5,8-9H2,1H3/t17-/m1/s1. The third-order valence-electron chi connectivity index (χ3n) is 4.07. The molecule has 3 nitrogen and oxygen atoms in total. The van der Waals surface area contributed by atoms with Crippen LogP contribution in [0.5, 0.6) is 5.75 Å². The summed E-state index contributed by atoms with van der Waals surface area (Å²) in [5, 5.41) is 0. The van der Waals surface area contributed by atoms with E-state index in [4.69, 9.17) is 9.47 Å². The number of ether oxygens (including phenoxy) is 2. The summed E-state index contributed by atoms with van der Waals surface area (Å²) < 4.78 is 25.7. The Morgan fingerprint density at radius 3 is 2.92 bits per heavy atom. The normalized spacial score (nSPS) is 15.9. The van der Waals surface area contributed by atoms with Gasteiger partial charge in [0.15, 0.2) is 0 Å². The molecule has 0 heterocycles. The van der Waals surface area contributed by atoms with Crippen molar-refractivity contribution in [3.8, 4) is 5.75 Å². The molecule has 0 saturated heterocycles. The van der Waals surface area contributed by atoms with Crippen molar-refractivity contribution in [1.82, 2.24) is 0 Å². The molecule has 3 rings (SSSR count). The first kappa shape index (κ1) is 17.0. The lowest BCUT2D eigenvalue weighted by atomic mass is 10.1. The van der Waals surface area contributed by atoms with Crippen molar-refractivity contribution in [3.05, 3.63) is 63.4 Å². The van der Waals surface area contributed by atoms with E-state index in [1.807, 2.05) is 12.1 Å². The Bertz CT molecular complexity index is 760. The highest BCUT2D eigenvalue weighted by Crippen LogP contribution is 2.37. The zero-order valence-corrected chi connectivity index (χ0v) is 14.9. The molecule has 126 valence electrons. The smallest absolute Gasteiger partial charge is 0.310 e. The lowest BCUT2D eigenvalue weighted by molar-refractivity contribution is -0.142. The lowest BCUT2D eigenvalue weighted by Crippen LogP contribution is -2.11. The molecule has 1 atom stereocenters. The molecule has 1 aliphatic rings. The number of benzene rings is 2. The lowest BCUT2D eigenvalue weighted by Gasteiger charge is -2.18. The van der Waals surface area contributed by atoms with Crippen LogP contribution in [0.25, 0.3) is 0 Å². The number of halogens is 2. The predicted molar refractivity (Wildman–Crippen MR) is 92.6 cm³/mol. The molecular weight excluding hydrogens is 375 g/mol. The number of rotatable bonds is 5. The van der Waals surface area contributed by atoms with Crippen LogP contribution < -0.4 is 4.74 Å². The Labute approximate surface area is 148 Å². The molecule has 0 saturated carbocycles. The molecule has 24 heavy (non-hydrogen) atoms. The summed E-state index contributed by atoms with van der Waals surface area (Å²) in [5.41, 5.74) is 2.99. The van der Waals surface area contributed by atoms with Gasteiger partial charge in [-0.3, -0.25) is 4.79 Å². The monoisotopic (exact) mass is 392 g/mol. The molecule has 0 spiro atoms. The molecule has 0 amide bonds. The molecule has 0 radical (unpaired) electrons. The van der Waals surface area contributed by atoms with Crippen molar-refractivity contribution >= 4 is 21.9 Å². The van der Waals surface area contributed by atoms with Gasteiger partial charge >= 0.3 is 5.97 Å². The molecule has 0 N–H and O–H groups in total. The highest BCUT2D eigenvalue weighted by Gasteiger charge is 2.25. The van der Waals surface area contributed by atoms with E-state index in [-0.39, 0.29) is 24.3 Å². The van der Waals surface area contributed by atoms with Gasteiger partial charge in [0, 0.05) is 16.1 Å². The second kappa shape index (κ2) is 7.34. The van der Waals surface area contributed by atoms with Crippen molar-refractivity contribution in [2.75, 3.05) is 6.61 Å². The second-order valence-electron chi connectivity index (χ2n) is 5.72. The molecular formula is C19H18BrFO3. The summed E-state index contributed by atoms with van der Waals surface area (Å²) in [4.78, 5) is 11.8. The van der Waals surface area contributed by atoms with Crippen molar-refractivity contribution in [3.63, 3.8) is 0 Å². The Balaban J connectivity index is 1.84. The number of fused-ring (bicyclic) bond motifs is 1. The predicted octanol–water partition coefficient (Wildman–Crippen LogP) is 4.76. The van der Waals surface area contributed by atoms with Gasteiger partial charge < -0.3 is 9.47 Å². The van der Waals surface area contributed by atoms with Gasteiger partial charge in [0.25, 0.3) is 0 Å². The molecule has 1 aliphatic carbocycles. The summed E-state index contributed by atoms with van der Waals surface area (Å²) in [5.74, 6) is -0.325. The molecule has 0 fully saturated rings. The molecule has 2 aromatic carbocycles. The maximum atomic E-state index is 13.7. The van der Waals surface area contributed by atoms with Gasteiger partial charge in [-0.1, -0.05) is 28.1 Å². The van der Waals surface area contributed by atoms with Crippen LogP contribution in [0.2, 0.25) is 0 Å². The minimum Gasteiger partial charge on any atom is -0.485 e. The van der Waals surface area contributed by atoms with E-state index in [2.05, 4.69) is 22.0 Å². The highest BCUT2D eigenvalue weighted by molar-refractivity contribution is 9.10. The number of hydrogen-bond donors (Lipinski definition) is 0. The van der Waals surface area contributed by atoms with Crippen molar-refractivity contribution in [1.29, 1.82) is 0 Å². The van der Waals surface area contributed by atoms with Gasteiger partial charge in [0.1, 0.15) is 17.7 Å². The number of carbonyl (C=O) groups is 1. The average Bonchev–Trinajstić information content (AvgIpc) is 2.92. The fourth-order valence-corrected chi connectivity index (χ4v) is 3.34. The summed E-state index contributed by atoms with van der Waals surface area (Å²) in [7, 11) is 0. The molecule has 0 bridgehead atoms. The third-order valence-corrected chi connectivity index (χ3v) is 4.56. The maximum Gasteiger partial charge on any atom is 0.310 e. The molecule has 5 heteroatoms. The van der Waals surface area contributed by atoms with Crippen LogP contribution in [0.4, 0.5) is 4.39 Å². The summed E-state index contributed by atoms with van der Waals surface area (Å²) in [6.07, 6.45) is 1.69. The fraction of sp³-hybridized carbons (Fsp3) is 0.316. The zero-order valence-electron chi connectivity index (χ0n) is 13.4. The van der Waals surface area contributed by atoms with Crippen molar-refractivity contribution in [2.45, 2.75) is 32.3 Å². The third kappa shape index (κ3) is 3.78. The van der Waals surface area contributed by atoms with Crippen LogP contribution >= 0.6 is 15.9 Å². The van der Waals surface area contributed by atoms with Crippen LogP contribution in [0.15, 0.2) is 40.9 Å². The Morgan fingerprint density at radius 1 is 1.29 bits per heavy atom. The van der Waals surface area contributed by atoms with Crippen LogP contribution in [0, 0.1) is 5.82 Å². The van der Waals surface area contributed by atoms with E-state index in [1.54, 1.807) is 13.0 Å². The van der Waals surface area contributed by atoms with Crippen LogP contribution in [-0.4, -0.2) is 12.6 Å². The first-order valence-electron chi connectivity index (χ1n) is 7.96. The van der Waals surface area contributed by atoms with Crippen molar-refractivity contribution in [2.24, 2.45) is 0 Å². The fourth-order valence-electron chi connectivity index (χ4n) is 2.96. The van der Waals surface area contributed by atoms with Gasteiger partial charge in [-0.05, 0) is 49.1 Å². The minimum atomic E-state index is -0.384. The number of esters is 1. The second-order valence-corrected chi connectivity index (χ2v) is 6.64. The van der Waals surface area contributed by atoms with Gasteiger partial charge in [0.2, 0.25) is 0 Å². The Hall–Kier alpha value is -1.88. The van der Waals surface area contributed by atoms with Crippen LogP contribution in [0.3, 0.4) is 0 Å². The topological polar surface area (TPSA) is 35.5 Å². The van der Waals surface area contributed by atoms with Gasteiger partial charge in [-0.2, -0.15) is 0 Å². The van der Waals surface area contributed by atoms with E-state index in [0.29, 0.717) is 17.9 Å². The summed E-state index contributed by atoms with van der Waals surface area (Å²) in [6.45, 7) is 2.08. The van der Waals surface area contributed by atoms with Crippen LogP contribution in [0.1, 0.15) is 36.1 Å². The molecule has 2 aromatic rings. The first-order valence-corrected chi connectivity index (χ1v) is 8.75. The highest BCUT2D eigenvalue weighted by atomic mass is 79.9. The molecule has 0 aromatic heterocycles. The largest absolute Gasteiger partial charge is 0.485 e. The van der Waals surface area contributed by atoms with Gasteiger partial charge in [0.05, 0.1) is 13.0 Å². The number of aryl methyl sites for hydroxylation is 1. The Kier molecular flexibility index (Phi) is 5.19. The van der Waals surface area contributed by atoms with E-state index in [9.17, 15) is 9.18 Å². The molecule has 0 unspecified atom stereocenters. The van der Waals surface area contributed by atoms with E-state index in [0.717, 1.165) is 22.9 Å². The van der Waals surface area contributed by atoms with Gasteiger partial charge in [-0.15, -0.1) is 0 Å². The van der Waals surface area contributed by atoms with E-state index >= 15 is 0 Å². The van der Waals surface area contributed by atoms with Crippen LogP contribution in [-0.2, 0) is 22.4 Å². The Morgan fingerprint density at radius 2 is 2.12 bits per heavy atom. The minimum absolute atomic E-state index is 0.0709. The SMILES string of the molecule is CCOC(=O)Cc1ccc(F)cc1O[C@@H]1CCc2ccc(Br)cc21. The number of carbonyl (C=O) groups excluding carboxylic acids is 1. The maximum absolute atomic E-state index is 13.7. The zero-order chi connectivity index (χ0) is 17.1. The van der Waals surface area contributed by atoms with E-state index < -0.39 is 0 Å².